The van der Waals surface area contributed by atoms with Gasteiger partial charge in [-0.15, -0.1) is 0 Å². The van der Waals surface area contributed by atoms with Crippen LogP contribution in [0.1, 0.15) is 166 Å². The van der Waals surface area contributed by atoms with Crippen molar-refractivity contribution in [2.45, 2.75) is 170 Å². The summed E-state index contributed by atoms with van der Waals surface area (Å²) in [4.78, 5) is 35.5. The van der Waals surface area contributed by atoms with Crippen LogP contribution < -0.4 is 0 Å². The fraction of sp³-hybridized carbons (Fsp3) is 0.453. The molecule has 1 aromatic carbocycles. The number of aliphatic imine (C=N–C) groups is 4. The molecule has 0 atom stereocenters. The third kappa shape index (κ3) is 24.8. The molecule has 0 spiro atoms. The predicted octanol–water partition coefficient (Wildman–Crippen LogP) is 15.8. The number of rotatable bonds is 11. The molecule has 0 unspecified atom stereocenters. The molecule has 0 amide bonds. The van der Waals surface area contributed by atoms with Crippen LogP contribution in [0.5, 0.6) is 0 Å². The molecular weight excluding hydrogens is 1190 g/mol. The van der Waals surface area contributed by atoms with Gasteiger partial charge >= 0.3 is 0 Å². The Hall–Kier alpha value is -9.33. The molecule has 0 bridgehead atoms. The molecule has 0 fully saturated rings. The lowest BCUT2D eigenvalue weighted by Crippen LogP contribution is -2.19. The van der Waals surface area contributed by atoms with Crippen molar-refractivity contribution in [1.29, 1.82) is 0 Å². The van der Waals surface area contributed by atoms with E-state index >= 15 is 0 Å². The highest BCUT2D eigenvalue weighted by atomic mass is 16.6. The van der Waals surface area contributed by atoms with Gasteiger partial charge in [0.2, 0.25) is 5.82 Å². The lowest BCUT2D eigenvalue weighted by Gasteiger charge is -2.19. The molecule has 20 heteroatoms. The Morgan fingerprint density at radius 3 is 1.68 bits per heavy atom. The van der Waals surface area contributed by atoms with E-state index in [-0.39, 0.29) is 16.2 Å². The molecule has 11 rings (SSSR count). The standard InChI is InChI=1S/C13H11N3O.C13H19N3.C10H18N2.C9H13N3O.C9H12N2O.C9H15N.C6H10N2.C6H9N/c1-9-7-14-8-11(9)12-15-13(17-16-12)10-5-3-2-4-6-10;1-8-7-9(2)16-12(14-8)10(3)11(15-16)13(4,5)6;1-6-12-7-8(2)9(11-12)10(3,4)5;1-4-5-13-10-6-9-8(2)7-12(3)11-9;1-3-6-12-11-7-9-8(2)4-5-10-9;1-7-5-6-10-8(7)9(2,3)4;1-5-4-7-8(3)6(5)2;1-5-3-7-4-6(5)2/h2-7H,8H2,1H3;7H,1-6H3;7H,6H2,1-5H3;4,6-7H,1,5H2,2-3H3;3-4,7H,1,5-6H2,2H3;5H,6H2,1-4H3;4H,1-3H3;3H,4H2,1-2H3/b;;;10-6+;11-7+;;;. The number of hydrogen-bond donors (Lipinski definition) is 0. The normalized spacial score (nSPS) is 13.9. The van der Waals surface area contributed by atoms with Crippen molar-refractivity contribution in [2.75, 3.05) is 39.4 Å². The number of oxime groups is 2. The summed E-state index contributed by atoms with van der Waals surface area (Å²) in [5.74, 6) is 1.19. The lowest BCUT2D eigenvalue weighted by molar-refractivity contribution is 0.176. The Labute approximate surface area is 566 Å². The highest BCUT2D eigenvalue weighted by molar-refractivity contribution is 6.38. The number of allylic oxidation sites excluding steroid dienone is 4. The smallest absolute Gasteiger partial charge is 0.258 e. The molecule has 4 aliphatic heterocycles. The van der Waals surface area contributed by atoms with E-state index in [0.717, 1.165) is 88.2 Å². The minimum Gasteiger partial charge on any atom is -0.392 e. The van der Waals surface area contributed by atoms with Crippen molar-refractivity contribution in [1.82, 2.24) is 54.1 Å². The van der Waals surface area contributed by atoms with Gasteiger partial charge in [0, 0.05) is 101 Å². The van der Waals surface area contributed by atoms with Crippen molar-refractivity contribution >= 4 is 47.5 Å². The first-order chi connectivity index (χ1) is 44.7. The fourth-order valence-corrected chi connectivity index (χ4v) is 9.59. The Bertz CT molecular complexity index is 3950. The van der Waals surface area contributed by atoms with Crippen LogP contribution in [0, 0.1) is 53.9 Å². The van der Waals surface area contributed by atoms with Crippen molar-refractivity contribution in [3.8, 4) is 11.5 Å². The molecule has 20 nitrogen and oxygen atoms in total. The molecule has 7 aromatic rings. The first-order valence-corrected chi connectivity index (χ1v) is 32.3. The van der Waals surface area contributed by atoms with E-state index in [1.807, 2.05) is 111 Å². The average molecular weight is 1290 g/mol. The van der Waals surface area contributed by atoms with Gasteiger partial charge in [0.15, 0.2) is 5.65 Å². The summed E-state index contributed by atoms with van der Waals surface area (Å²) in [5, 5.41) is 28.9. The highest BCUT2D eigenvalue weighted by Crippen LogP contribution is 2.28. The molecular formula is C75H107N17O3. The Balaban J connectivity index is 0.000000234. The summed E-state index contributed by atoms with van der Waals surface area (Å²) in [6.45, 7) is 58.7. The van der Waals surface area contributed by atoms with E-state index in [9.17, 15) is 0 Å². The third-order valence-corrected chi connectivity index (χ3v) is 15.0. The van der Waals surface area contributed by atoms with E-state index in [1.165, 1.54) is 50.5 Å². The molecule has 95 heavy (non-hydrogen) atoms. The summed E-state index contributed by atoms with van der Waals surface area (Å²) >= 11 is 0. The van der Waals surface area contributed by atoms with Gasteiger partial charge in [0.1, 0.15) is 18.9 Å². The van der Waals surface area contributed by atoms with Gasteiger partial charge in [-0.3, -0.25) is 34.0 Å². The van der Waals surface area contributed by atoms with E-state index < -0.39 is 0 Å². The van der Waals surface area contributed by atoms with Crippen LogP contribution in [0.4, 0.5) is 0 Å². The quantitative estimate of drug-likeness (QED) is 0.0517. The summed E-state index contributed by atoms with van der Waals surface area (Å²) in [6, 6.07) is 11.8. The number of fused-ring (bicyclic) bond motifs is 1. The van der Waals surface area contributed by atoms with E-state index in [2.05, 4.69) is 228 Å². The second-order valence-corrected chi connectivity index (χ2v) is 26.6. The van der Waals surface area contributed by atoms with Crippen LogP contribution in [0.25, 0.3) is 22.7 Å². The van der Waals surface area contributed by atoms with Crippen LogP contribution in [0.15, 0.2) is 155 Å². The number of nitrogens with zero attached hydrogens (tertiary/aromatic N) is 17. The average Bonchev–Trinajstić information content (AvgIpc) is 1.64. The topological polar surface area (TPSA) is 215 Å². The number of aryl methyl sites for hydroxylation is 9. The molecule has 0 radical (unpaired) electrons. The van der Waals surface area contributed by atoms with Gasteiger partial charge in [-0.1, -0.05) is 133 Å². The Morgan fingerprint density at radius 2 is 1.26 bits per heavy atom. The number of aromatic nitrogens is 11. The number of benzene rings is 1. The van der Waals surface area contributed by atoms with Crippen molar-refractivity contribution in [2.24, 2.45) is 49.8 Å². The van der Waals surface area contributed by atoms with Crippen molar-refractivity contribution in [3.05, 3.63) is 183 Å². The van der Waals surface area contributed by atoms with Gasteiger partial charge in [-0.2, -0.15) is 25.4 Å². The van der Waals surface area contributed by atoms with Crippen LogP contribution in [-0.2, 0) is 41.1 Å². The zero-order valence-corrected chi connectivity index (χ0v) is 61.5. The molecule has 0 saturated heterocycles. The van der Waals surface area contributed by atoms with Crippen molar-refractivity contribution in [3.63, 3.8) is 0 Å². The summed E-state index contributed by atoms with van der Waals surface area (Å²) in [5.41, 5.74) is 23.4. The van der Waals surface area contributed by atoms with E-state index in [1.54, 1.807) is 29.3 Å². The largest absolute Gasteiger partial charge is 0.392 e. The predicted molar refractivity (Wildman–Crippen MR) is 395 cm³/mol. The summed E-state index contributed by atoms with van der Waals surface area (Å²) in [7, 11) is 3.82. The second-order valence-electron chi connectivity index (χ2n) is 26.6. The molecule has 6 aromatic heterocycles. The molecule has 10 heterocycles. The van der Waals surface area contributed by atoms with Crippen LogP contribution in [-0.4, -0.2) is 130 Å². The number of hydrogen-bond acceptors (Lipinski definition) is 16. The maximum atomic E-state index is 5.26. The fourth-order valence-electron chi connectivity index (χ4n) is 9.59. The van der Waals surface area contributed by atoms with Crippen LogP contribution >= 0.6 is 0 Å². The SMILES string of the molecule is C=CCO/N=C/C1=NCC=C1C.C=CCO/N=C/c1nn(C)cc1C.CC1=C(C)CN=C1.CC1=C(c2noc(-c3ccccc3)n2)CN=C1.CC1=CCN=C1C(C)(C)C.CCn1cc(C)c(C(C)(C)C)n1.Cc1cc(C)n2nc(C(C)(C)C)c(C)c2n1.Cc1cnn(C)c1C. The first kappa shape index (κ1) is 78.1. The van der Waals surface area contributed by atoms with Gasteiger partial charge in [-0.25, -0.2) is 9.50 Å². The highest BCUT2D eigenvalue weighted by Gasteiger charge is 2.24. The zero-order chi connectivity index (χ0) is 70.8. The maximum absolute atomic E-state index is 5.26. The summed E-state index contributed by atoms with van der Waals surface area (Å²) in [6.07, 6.45) is 20.4. The van der Waals surface area contributed by atoms with Gasteiger partial charge in [0.05, 0.1) is 61.9 Å². The minimum absolute atomic E-state index is 0.0676. The lowest BCUT2D eigenvalue weighted by atomic mass is 9.87. The Morgan fingerprint density at radius 1 is 0.653 bits per heavy atom. The summed E-state index contributed by atoms with van der Waals surface area (Å²) < 4.78 is 12.8. The monoisotopic (exact) mass is 1290 g/mol. The minimum atomic E-state index is 0.0676. The van der Waals surface area contributed by atoms with E-state index in [0.29, 0.717) is 31.5 Å². The van der Waals surface area contributed by atoms with Crippen molar-refractivity contribution < 1.29 is 14.2 Å². The van der Waals surface area contributed by atoms with E-state index in [4.69, 9.17) is 14.2 Å². The van der Waals surface area contributed by atoms with Gasteiger partial charge in [-0.05, 0) is 153 Å². The zero-order valence-electron chi connectivity index (χ0n) is 61.5. The third-order valence-electron chi connectivity index (χ3n) is 15.0. The van der Waals surface area contributed by atoms with Crippen LogP contribution in [0.2, 0.25) is 0 Å². The molecule has 0 aliphatic carbocycles. The Kier molecular flexibility index (Phi) is 30.4. The molecule has 510 valence electrons. The van der Waals surface area contributed by atoms with Gasteiger partial charge in [0.25, 0.3) is 5.89 Å². The van der Waals surface area contributed by atoms with Crippen LogP contribution in [0.3, 0.4) is 0 Å². The second kappa shape index (κ2) is 36.9. The molecule has 0 N–H and O–H groups in total. The molecule has 4 aliphatic rings. The van der Waals surface area contributed by atoms with Gasteiger partial charge < -0.3 is 14.2 Å². The maximum Gasteiger partial charge on any atom is 0.258 e. The molecule has 0 saturated carbocycles. The first-order valence-electron chi connectivity index (χ1n) is 32.3.